The van der Waals surface area contributed by atoms with Crippen LogP contribution < -0.4 is 16.6 Å². The summed E-state index contributed by atoms with van der Waals surface area (Å²) in [5.74, 6) is -3.97. The first-order valence-corrected chi connectivity index (χ1v) is 2.71. The molecule has 1 amide bonds. The highest BCUT2D eigenvalue weighted by Crippen LogP contribution is 1.67. The van der Waals surface area contributed by atoms with E-state index in [-0.39, 0.29) is 0 Å². The zero-order valence-corrected chi connectivity index (χ0v) is 6.05. The van der Waals surface area contributed by atoms with Gasteiger partial charge in [-0.25, -0.2) is 20.3 Å². The minimum atomic E-state index is -1.78. The lowest BCUT2D eigenvalue weighted by molar-refractivity contribution is -0.525. The molecule has 72 valence electrons. The van der Waals surface area contributed by atoms with Crippen LogP contribution in [0.2, 0.25) is 0 Å². The van der Waals surface area contributed by atoms with Crippen molar-refractivity contribution in [3.63, 3.8) is 0 Å². The molecule has 0 aromatic carbocycles. The van der Waals surface area contributed by atoms with Crippen molar-refractivity contribution >= 4 is 17.8 Å². The summed E-state index contributed by atoms with van der Waals surface area (Å²) in [6.07, 6.45) is 0. The Morgan fingerprint density at radius 3 is 2.46 bits per heavy atom. The van der Waals surface area contributed by atoms with Gasteiger partial charge in [0.2, 0.25) is 0 Å². The highest BCUT2D eigenvalue weighted by molar-refractivity contribution is 6.31. The van der Waals surface area contributed by atoms with Crippen molar-refractivity contribution in [3.05, 3.63) is 10.1 Å². The van der Waals surface area contributed by atoms with Crippen molar-refractivity contribution in [2.45, 2.75) is 0 Å². The maximum Gasteiger partial charge on any atom is 0.396 e. The Labute approximate surface area is 70.5 Å². The van der Waals surface area contributed by atoms with E-state index >= 15 is 0 Å². The summed E-state index contributed by atoms with van der Waals surface area (Å²) in [5.41, 5.74) is 7.64. The van der Waals surface area contributed by atoms with E-state index in [1.165, 1.54) is 10.9 Å². The molecule has 0 aromatic rings. The van der Waals surface area contributed by atoms with Crippen molar-refractivity contribution in [2.75, 3.05) is 0 Å². The van der Waals surface area contributed by atoms with Crippen LogP contribution in [0, 0.1) is 10.1 Å². The van der Waals surface area contributed by atoms with Crippen LogP contribution in [0.15, 0.2) is 5.10 Å². The molecule has 0 aliphatic carbocycles. The highest BCUT2D eigenvalue weighted by atomic mass is 16.7. The fourth-order valence-corrected chi connectivity index (χ4v) is 0.277. The molecule has 0 aromatic heterocycles. The summed E-state index contributed by atoms with van der Waals surface area (Å²) in [7, 11) is 0. The van der Waals surface area contributed by atoms with E-state index in [2.05, 4.69) is 5.10 Å². The average Bonchev–Trinajstić information content (AvgIpc) is 1.98. The number of carboxylic acid groups (broad SMARTS) is 1. The standard InChI is InChI=1S/C3H5N5O5/c4-3(7-8(12)13)6-5-1(9)2(10)11/h(H,5,9)(H,10,11)(H3,4,6,7). The molecule has 0 radical (unpaired) electrons. The number of hydrogen-bond donors (Lipinski definition) is 4. The first-order chi connectivity index (χ1) is 5.93. The summed E-state index contributed by atoms with van der Waals surface area (Å²) in [6.45, 7) is 0. The Bertz CT molecular complexity index is 271. The molecule has 0 saturated carbocycles. The van der Waals surface area contributed by atoms with Crippen molar-refractivity contribution in [2.24, 2.45) is 10.8 Å². The molecule has 0 aliphatic heterocycles. The van der Waals surface area contributed by atoms with Crippen LogP contribution in [0.4, 0.5) is 0 Å². The van der Waals surface area contributed by atoms with Crippen molar-refractivity contribution in [1.82, 2.24) is 10.9 Å². The van der Waals surface area contributed by atoms with Crippen LogP contribution >= 0.6 is 0 Å². The number of hydrogen-bond acceptors (Lipinski definition) is 5. The average molecular weight is 191 g/mol. The maximum absolute atomic E-state index is 10.3. The molecular formula is C3H5N5O5. The minimum absolute atomic E-state index is 0.736. The summed E-state index contributed by atoms with van der Waals surface area (Å²) < 4.78 is 0. The summed E-state index contributed by atoms with van der Waals surface area (Å²) >= 11 is 0. The van der Waals surface area contributed by atoms with Gasteiger partial charge in [0.15, 0.2) is 5.03 Å². The second-order valence-electron chi connectivity index (χ2n) is 1.61. The Balaban J connectivity index is 4.04. The number of nitrogens with two attached hydrogens (primary N) is 1. The first kappa shape index (κ1) is 10.6. The van der Waals surface area contributed by atoms with Gasteiger partial charge in [-0.1, -0.05) is 5.43 Å². The molecule has 0 spiro atoms. The van der Waals surface area contributed by atoms with Crippen LogP contribution in [-0.2, 0) is 9.59 Å². The van der Waals surface area contributed by atoms with E-state index in [1.54, 1.807) is 0 Å². The molecule has 0 saturated heterocycles. The number of carbonyl (C=O) groups excluding carboxylic acids is 1. The SMILES string of the molecule is N/C(=N\NC(=O)C(=O)O)N[N+](=O)[O-]. The Hall–Kier alpha value is -2.39. The van der Waals surface area contributed by atoms with Gasteiger partial charge in [0.1, 0.15) is 0 Å². The number of nitrogens with one attached hydrogen (secondary N) is 2. The van der Waals surface area contributed by atoms with E-state index in [1.807, 2.05) is 0 Å². The molecule has 0 heterocycles. The van der Waals surface area contributed by atoms with Gasteiger partial charge < -0.3 is 10.8 Å². The van der Waals surface area contributed by atoms with E-state index in [9.17, 15) is 19.7 Å². The van der Waals surface area contributed by atoms with Crippen LogP contribution in [-0.4, -0.2) is 28.0 Å². The maximum atomic E-state index is 10.3. The normalized spacial score (nSPS) is 10.3. The lowest BCUT2D eigenvalue weighted by Crippen LogP contribution is -2.39. The van der Waals surface area contributed by atoms with E-state index < -0.39 is 22.9 Å². The largest absolute Gasteiger partial charge is 0.474 e. The van der Waals surface area contributed by atoms with Gasteiger partial charge in [0, 0.05) is 0 Å². The molecule has 0 atom stereocenters. The molecule has 13 heavy (non-hydrogen) atoms. The number of carboxylic acids is 1. The molecule has 0 aliphatic rings. The van der Waals surface area contributed by atoms with Gasteiger partial charge in [-0.3, -0.25) is 4.79 Å². The second kappa shape index (κ2) is 4.48. The second-order valence-corrected chi connectivity index (χ2v) is 1.61. The van der Waals surface area contributed by atoms with Crippen molar-refractivity contribution in [1.29, 1.82) is 0 Å². The monoisotopic (exact) mass is 191 g/mol. The van der Waals surface area contributed by atoms with E-state index in [0.717, 1.165) is 0 Å². The third-order valence-corrected chi connectivity index (χ3v) is 0.678. The van der Waals surface area contributed by atoms with Gasteiger partial charge in [0.25, 0.3) is 5.96 Å². The number of amides is 1. The topological polar surface area (TPSA) is 160 Å². The molecule has 5 N–H and O–H groups in total. The predicted octanol–water partition coefficient (Wildman–Crippen LogP) is -2.80. The zero-order valence-electron chi connectivity index (χ0n) is 6.05. The molecule has 10 nitrogen and oxygen atoms in total. The Kier molecular flexibility index (Phi) is 3.66. The molecule has 0 rings (SSSR count). The van der Waals surface area contributed by atoms with Crippen molar-refractivity contribution < 1.29 is 19.7 Å². The first-order valence-electron chi connectivity index (χ1n) is 2.71. The Morgan fingerprint density at radius 2 is 2.08 bits per heavy atom. The smallest absolute Gasteiger partial charge is 0.396 e. The number of hydrazine groups is 1. The summed E-state index contributed by atoms with van der Waals surface area (Å²) in [6, 6.07) is 0. The lowest BCUT2D eigenvalue weighted by atomic mass is 10.7. The number of guanidine groups is 1. The lowest BCUT2D eigenvalue weighted by Gasteiger charge is -1.95. The number of nitro groups is 1. The predicted molar refractivity (Wildman–Crippen MR) is 37.5 cm³/mol. The fraction of sp³-hybridized carbons (Fsp3) is 0. The third kappa shape index (κ3) is 4.94. The highest BCUT2D eigenvalue weighted by Gasteiger charge is 2.09. The summed E-state index contributed by atoms with van der Waals surface area (Å²) in [4.78, 5) is 29.8. The molecule has 0 unspecified atom stereocenters. The summed E-state index contributed by atoms with van der Waals surface area (Å²) in [5, 5.41) is 19.5. The number of nitrogens with zero attached hydrogens (tertiary/aromatic N) is 2. The third-order valence-electron chi connectivity index (χ3n) is 0.678. The number of aliphatic carboxylic acids is 1. The van der Waals surface area contributed by atoms with Gasteiger partial charge in [0.05, 0.1) is 0 Å². The molecule has 0 bridgehead atoms. The van der Waals surface area contributed by atoms with E-state index in [0.29, 0.717) is 0 Å². The molecule has 0 fully saturated rings. The van der Waals surface area contributed by atoms with Crippen LogP contribution in [0.1, 0.15) is 0 Å². The van der Waals surface area contributed by atoms with Crippen LogP contribution in [0.3, 0.4) is 0 Å². The quantitative estimate of drug-likeness (QED) is 0.120. The van der Waals surface area contributed by atoms with Crippen LogP contribution in [0.5, 0.6) is 0 Å². The zero-order chi connectivity index (χ0) is 10.4. The van der Waals surface area contributed by atoms with Gasteiger partial charge in [-0.05, 0) is 0 Å². The Morgan fingerprint density at radius 1 is 1.54 bits per heavy atom. The van der Waals surface area contributed by atoms with Gasteiger partial charge >= 0.3 is 11.9 Å². The fourth-order valence-electron chi connectivity index (χ4n) is 0.277. The van der Waals surface area contributed by atoms with Gasteiger partial charge in [-0.15, -0.1) is 5.10 Å². The number of rotatable bonds is 2. The van der Waals surface area contributed by atoms with E-state index in [4.69, 9.17) is 10.8 Å². The molecule has 10 heteroatoms. The number of hydrazone groups is 1. The van der Waals surface area contributed by atoms with Crippen molar-refractivity contribution in [3.8, 4) is 0 Å². The minimum Gasteiger partial charge on any atom is -0.474 e. The van der Waals surface area contributed by atoms with Gasteiger partial charge in [-0.2, -0.15) is 0 Å². The van der Waals surface area contributed by atoms with Crippen LogP contribution in [0.25, 0.3) is 0 Å². The number of carbonyl (C=O) groups is 2. The molecular weight excluding hydrogens is 186 g/mol.